The second kappa shape index (κ2) is 3.21. The van der Waals surface area contributed by atoms with Gasteiger partial charge in [-0.3, -0.25) is 0 Å². The molecule has 1 aromatic carbocycles. The zero-order valence-electron chi connectivity index (χ0n) is 8.29. The van der Waals surface area contributed by atoms with E-state index in [2.05, 4.69) is 0 Å². The van der Waals surface area contributed by atoms with Crippen molar-refractivity contribution in [3.05, 3.63) is 34.9 Å². The minimum absolute atomic E-state index is 0.212. The molecular formula is C12H14O2. The van der Waals surface area contributed by atoms with E-state index in [4.69, 9.17) is 0 Å². The van der Waals surface area contributed by atoms with Crippen LogP contribution >= 0.6 is 0 Å². The Morgan fingerprint density at radius 3 is 3.07 bits per heavy atom. The monoisotopic (exact) mass is 190 g/mol. The van der Waals surface area contributed by atoms with Crippen molar-refractivity contribution in [2.45, 2.75) is 31.8 Å². The Labute approximate surface area is 83.6 Å². The number of hydrogen-bond acceptors (Lipinski definition) is 2. The summed E-state index contributed by atoms with van der Waals surface area (Å²) in [4.78, 5) is 10.5. The number of hydrogen-bond donors (Lipinski definition) is 1. The molecule has 0 aromatic heterocycles. The molecule has 1 aliphatic carbocycles. The molecule has 1 aromatic rings. The normalized spacial score (nSPS) is 24.7. The lowest BCUT2D eigenvalue weighted by molar-refractivity contribution is -0.112. The summed E-state index contributed by atoms with van der Waals surface area (Å²) in [6.07, 6.45) is 2.56. The highest BCUT2D eigenvalue weighted by molar-refractivity contribution is 5.54. The quantitative estimate of drug-likeness (QED) is 0.721. The van der Waals surface area contributed by atoms with Gasteiger partial charge in [0, 0.05) is 6.42 Å². The third-order valence-electron chi connectivity index (χ3n) is 3.00. The van der Waals surface area contributed by atoms with Gasteiger partial charge in [0.1, 0.15) is 6.29 Å². The Kier molecular flexibility index (Phi) is 2.16. The molecule has 0 aliphatic heterocycles. The average molecular weight is 190 g/mol. The fraction of sp³-hybridized carbons (Fsp3) is 0.417. The van der Waals surface area contributed by atoms with Crippen molar-refractivity contribution in [3.8, 4) is 0 Å². The Hall–Kier alpha value is -1.15. The molecule has 0 saturated carbocycles. The van der Waals surface area contributed by atoms with E-state index >= 15 is 0 Å². The number of aldehydes is 1. The van der Waals surface area contributed by atoms with Crippen LogP contribution in [-0.4, -0.2) is 11.4 Å². The van der Waals surface area contributed by atoms with Crippen LogP contribution in [0, 0.1) is 6.92 Å². The lowest BCUT2D eigenvalue weighted by Crippen LogP contribution is -2.22. The molecule has 0 bridgehead atoms. The Morgan fingerprint density at radius 2 is 2.36 bits per heavy atom. The first-order chi connectivity index (χ1) is 6.65. The number of carbonyl (C=O) groups excluding carboxylic acids is 1. The molecule has 2 rings (SSSR count). The van der Waals surface area contributed by atoms with E-state index in [1.807, 2.05) is 25.1 Å². The standard InChI is InChI=1S/C12H14O2/c1-9-2-3-10-4-5-12(14,6-7-13)11(10)8-9/h2-3,7-8,14H,4-6H2,1H3. The highest BCUT2D eigenvalue weighted by atomic mass is 16.3. The molecule has 0 amide bonds. The number of rotatable bonds is 2. The van der Waals surface area contributed by atoms with E-state index < -0.39 is 5.60 Å². The minimum Gasteiger partial charge on any atom is -0.385 e. The van der Waals surface area contributed by atoms with Gasteiger partial charge < -0.3 is 9.90 Å². The number of aryl methyl sites for hydroxylation is 2. The zero-order chi connectivity index (χ0) is 10.2. The first-order valence-electron chi connectivity index (χ1n) is 4.92. The molecule has 1 N–H and O–H groups in total. The second-order valence-corrected chi connectivity index (χ2v) is 4.06. The van der Waals surface area contributed by atoms with Gasteiger partial charge in [-0.1, -0.05) is 23.8 Å². The van der Waals surface area contributed by atoms with Crippen molar-refractivity contribution < 1.29 is 9.90 Å². The van der Waals surface area contributed by atoms with E-state index in [9.17, 15) is 9.90 Å². The fourth-order valence-electron chi connectivity index (χ4n) is 2.17. The smallest absolute Gasteiger partial charge is 0.123 e. The summed E-state index contributed by atoms with van der Waals surface area (Å²) in [5.41, 5.74) is 2.36. The maximum Gasteiger partial charge on any atom is 0.123 e. The van der Waals surface area contributed by atoms with Crippen LogP contribution in [0.2, 0.25) is 0 Å². The number of benzene rings is 1. The van der Waals surface area contributed by atoms with E-state index in [1.165, 1.54) is 5.56 Å². The second-order valence-electron chi connectivity index (χ2n) is 4.06. The molecule has 74 valence electrons. The molecule has 0 spiro atoms. The summed E-state index contributed by atoms with van der Waals surface area (Å²) in [7, 11) is 0. The molecule has 0 saturated heterocycles. The molecule has 0 fully saturated rings. The molecule has 1 atom stereocenters. The van der Waals surface area contributed by atoms with E-state index in [-0.39, 0.29) is 6.42 Å². The van der Waals surface area contributed by atoms with Crippen molar-refractivity contribution >= 4 is 6.29 Å². The van der Waals surface area contributed by atoms with Gasteiger partial charge in [-0.2, -0.15) is 0 Å². The molecule has 14 heavy (non-hydrogen) atoms. The minimum atomic E-state index is -0.900. The molecule has 1 unspecified atom stereocenters. The van der Waals surface area contributed by atoms with Crippen LogP contribution in [0.15, 0.2) is 18.2 Å². The number of aliphatic hydroxyl groups is 1. The highest BCUT2D eigenvalue weighted by Gasteiger charge is 2.35. The van der Waals surface area contributed by atoms with E-state index in [0.717, 1.165) is 23.8 Å². The SMILES string of the molecule is Cc1ccc2c(c1)C(O)(CC=O)CC2. The summed E-state index contributed by atoms with van der Waals surface area (Å²) >= 11 is 0. The maximum absolute atomic E-state index is 10.5. The van der Waals surface area contributed by atoms with Crippen LogP contribution in [0.25, 0.3) is 0 Å². The van der Waals surface area contributed by atoms with Gasteiger partial charge in [0.15, 0.2) is 0 Å². The number of carbonyl (C=O) groups is 1. The summed E-state index contributed by atoms with van der Waals surface area (Å²) in [5.74, 6) is 0. The van der Waals surface area contributed by atoms with Gasteiger partial charge in [0.2, 0.25) is 0 Å². The van der Waals surface area contributed by atoms with Crippen molar-refractivity contribution in [2.24, 2.45) is 0 Å². The average Bonchev–Trinajstić information content (AvgIpc) is 2.45. The Balaban J connectivity index is 2.46. The van der Waals surface area contributed by atoms with Crippen LogP contribution in [0.4, 0.5) is 0 Å². The predicted octanol–water partition coefficient (Wildman–Crippen LogP) is 1.72. The molecule has 1 aliphatic rings. The van der Waals surface area contributed by atoms with Gasteiger partial charge in [-0.15, -0.1) is 0 Å². The van der Waals surface area contributed by atoms with Crippen molar-refractivity contribution in [1.82, 2.24) is 0 Å². The van der Waals surface area contributed by atoms with E-state index in [0.29, 0.717) is 6.42 Å². The number of fused-ring (bicyclic) bond motifs is 1. The van der Waals surface area contributed by atoms with Gasteiger partial charge in [0.25, 0.3) is 0 Å². The predicted molar refractivity (Wildman–Crippen MR) is 54.1 cm³/mol. The van der Waals surface area contributed by atoms with Crippen molar-refractivity contribution in [1.29, 1.82) is 0 Å². The third-order valence-corrected chi connectivity index (χ3v) is 3.00. The molecule has 0 radical (unpaired) electrons. The van der Waals surface area contributed by atoms with Gasteiger partial charge in [0.05, 0.1) is 5.60 Å². The summed E-state index contributed by atoms with van der Waals surface area (Å²) in [5, 5.41) is 10.2. The first-order valence-corrected chi connectivity index (χ1v) is 4.92. The highest BCUT2D eigenvalue weighted by Crippen LogP contribution is 2.39. The summed E-state index contributed by atoms with van der Waals surface area (Å²) in [6, 6.07) is 6.09. The van der Waals surface area contributed by atoms with Crippen LogP contribution < -0.4 is 0 Å². The van der Waals surface area contributed by atoms with Gasteiger partial charge in [-0.25, -0.2) is 0 Å². The van der Waals surface area contributed by atoms with Crippen LogP contribution in [0.5, 0.6) is 0 Å². The molecular weight excluding hydrogens is 176 g/mol. The van der Waals surface area contributed by atoms with Crippen molar-refractivity contribution in [2.75, 3.05) is 0 Å². The largest absolute Gasteiger partial charge is 0.385 e. The Bertz CT molecular complexity index is 371. The third kappa shape index (κ3) is 1.36. The molecule has 2 heteroatoms. The Morgan fingerprint density at radius 1 is 1.57 bits per heavy atom. The van der Waals surface area contributed by atoms with Gasteiger partial charge in [-0.05, 0) is 30.9 Å². The summed E-state index contributed by atoms with van der Waals surface area (Å²) in [6.45, 7) is 2.00. The van der Waals surface area contributed by atoms with E-state index in [1.54, 1.807) is 0 Å². The van der Waals surface area contributed by atoms with Crippen LogP contribution in [-0.2, 0) is 16.8 Å². The maximum atomic E-state index is 10.5. The lowest BCUT2D eigenvalue weighted by atomic mass is 9.92. The fourth-order valence-corrected chi connectivity index (χ4v) is 2.17. The zero-order valence-corrected chi connectivity index (χ0v) is 8.29. The summed E-state index contributed by atoms with van der Waals surface area (Å²) < 4.78 is 0. The van der Waals surface area contributed by atoms with Crippen LogP contribution in [0.3, 0.4) is 0 Å². The molecule has 2 nitrogen and oxygen atoms in total. The van der Waals surface area contributed by atoms with Crippen LogP contribution in [0.1, 0.15) is 29.5 Å². The molecule has 0 heterocycles. The first kappa shape index (κ1) is 9.41. The lowest BCUT2D eigenvalue weighted by Gasteiger charge is -2.21. The topological polar surface area (TPSA) is 37.3 Å². The van der Waals surface area contributed by atoms with Gasteiger partial charge >= 0.3 is 0 Å². The van der Waals surface area contributed by atoms with Crippen molar-refractivity contribution in [3.63, 3.8) is 0 Å².